The van der Waals surface area contributed by atoms with E-state index in [0.717, 1.165) is 35.7 Å². The second-order valence-corrected chi connectivity index (χ2v) is 17.5. The molecule has 4 nitrogen and oxygen atoms in total. The molecule has 0 saturated heterocycles. The number of carbonyl (C=O) groups excluding carboxylic acids is 1. The highest BCUT2D eigenvalue weighted by molar-refractivity contribution is 5.87. The monoisotopic (exact) mass is 604 g/mol. The van der Waals surface area contributed by atoms with Gasteiger partial charge < -0.3 is 14.6 Å². The van der Waals surface area contributed by atoms with Gasteiger partial charge in [0.1, 0.15) is 6.10 Å². The van der Waals surface area contributed by atoms with Crippen LogP contribution in [0, 0.1) is 56.7 Å². The van der Waals surface area contributed by atoms with Gasteiger partial charge in [-0.1, -0.05) is 73.8 Å². The maximum atomic E-state index is 13.1. The second kappa shape index (κ2) is 11.1. The quantitative estimate of drug-likeness (QED) is 0.225. The van der Waals surface area contributed by atoms with Crippen molar-refractivity contribution >= 4 is 12.0 Å². The van der Waals surface area contributed by atoms with Gasteiger partial charge in [0.2, 0.25) is 0 Å². The summed E-state index contributed by atoms with van der Waals surface area (Å²) >= 11 is 0. The summed E-state index contributed by atoms with van der Waals surface area (Å²) < 4.78 is 11.5. The minimum atomic E-state index is -0.272. The molecule has 4 heteroatoms. The minimum Gasteiger partial charge on any atom is -0.504 e. The van der Waals surface area contributed by atoms with Gasteiger partial charge in [-0.05, 0) is 133 Å². The smallest absolute Gasteiger partial charge is 0.331 e. The first-order chi connectivity index (χ1) is 20.7. The van der Waals surface area contributed by atoms with Gasteiger partial charge in [0.05, 0.1) is 7.11 Å². The standard InChI is InChI=1S/C40H60O4/c1-26(2)10-9-11-27(3)29-18-20-38(7)33-16-15-32-36(4,5)34(19-21-39(32)25-40(33,39)23-22-37(29,38)6)44-35(42)17-13-28-12-14-30(41)31(24-28)43-8/h12-14,17,24,26-27,29,32-34,41H,9-11,15-16,18-23,25H2,1-8H3. The third kappa shape index (κ3) is 4.69. The molecule has 9 atom stereocenters. The average molecular weight is 605 g/mol. The van der Waals surface area contributed by atoms with Gasteiger partial charge in [-0.3, -0.25) is 0 Å². The lowest BCUT2D eigenvalue weighted by Gasteiger charge is -2.63. The molecule has 244 valence electrons. The van der Waals surface area contributed by atoms with Crippen LogP contribution in [-0.2, 0) is 9.53 Å². The molecule has 5 saturated carbocycles. The molecule has 5 aliphatic carbocycles. The first-order valence-corrected chi connectivity index (χ1v) is 18.0. The number of hydrogen-bond donors (Lipinski definition) is 1. The maximum Gasteiger partial charge on any atom is 0.331 e. The van der Waals surface area contributed by atoms with Crippen molar-refractivity contribution in [3.8, 4) is 11.5 Å². The van der Waals surface area contributed by atoms with Crippen LogP contribution in [-0.4, -0.2) is 24.3 Å². The topological polar surface area (TPSA) is 55.8 Å². The molecular formula is C40H60O4. The van der Waals surface area contributed by atoms with Gasteiger partial charge in [0, 0.05) is 11.5 Å². The fourth-order valence-electron chi connectivity index (χ4n) is 12.7. The number of phenols is 1. The molecule has 5 aliphatic rings. The Balaban J connectivity index is 1.14. The van der Waals surface area contributed by atoms with Crippen molar-refractivity contribution in [1.29, 1.82) is 0 Å². The Labute approximate surface area is 267 Å². The summed E-state index contributed by atoms with van der Waals surface area (Å²) in [6.07, 6.45) is 19.4. The fourth-order valence-corrected chi connectivity index (χ4v) is 12.7. The van der Waals surface area contributed by atoms with E-state index in [9.17, 15) is 9.90 Å². The molecule has 0 bridgehead atoms. The molecule has 0 amide bonds. The summed E-state index contributed by atoms with van der Waals surface area (Å²) in [5.41, 5.74) is 2.69. The molecule has 1 aromatic rings. The average Bonchev–Trinajstić information content (AvgIpc) is 3.55. The van der Waals surface area contributed by atoms with Crippen LogP contribution in [0.4, 0.5) is 0 Å². The highest BCUT2D eigenvalue weighted by Gasteiger charge is 2.82. The molecule has 6 rings (SSSR count). The van der Waals surface area contributed by atoms with Crippen molar-refractivity contribution in [2.45, 2.75) is 132 Å². The summed E-state index contributed by atoms with van der Waals surface area (Å²) in [6, 6.07) is 5.09. The molecule has 1 N–H and O–H groups in total. The first kappa shape index (κ1) is 32.0. The zero-order valence-electron chi connectivity index (χ0n) is 29.0. The molecule has 2 spiro atoms. The SMILES string of the molecule is COc1cc(C=CC(=O)OC2CCC34CC35CCC3(C)C(C(C)CCCC(C)C)CCC3(C)C5CCC4C2(C)C)ccc1O. The van der Waals surface area contributed by atoms with Crippen molar-refractivity contribution in [2.24, 2.45) is 56.7 Å². The fraction of sp³-hybridized carbons (Fsp3) is 0.775. The summed E-state index contributed by atoms with van der Waals surface area (Å²) in [4.78, 5) is 13.1. The number of benzene rings is 1. The van der Waals surface area contributed by atoms with Gasteiger partial charge >= 0.3 is 5.97 Å². The largest absolute Gasteiger partial charge is 0.504 e. The van der Waals surface area contributed by atoms with Crippen molar-refractivity contribution in [2.75, 3.05) is 7.11 Å². The number of rotatable bonds is 9. The molecule has 44 heavy (non-hydrogen) atoms. The lowest BCUT2D eigenvalue weighted by atomic mass is 9.41. The van der Waals surface area contributed by atoms with Crippen LogP contribution in [0.25, 0.3) is 6.08 Å². The van der Waals surface area contributed by atoms with Crippen LogP contribution in [0.1, 0.15) is 131 Å². The number of hydrogen-bond acceptors (Lipinski definition) is 4. The van der Waals surface area contributed by atoms with Gasteiger partial charge in [0.15, 0.2) is 11.5 Å². The second-order valence-electron chi connectivity index (χ2n) is 17.5. The van der Waals surface area contributed by atoms with Crippen molar-refractivity contribution < 1.29 is 19.4 Å². The van der Waals surface area contributed by atoms with Gasteiger partial charge in [-0.15, -0.1) is 0 Å². The van der Waals surface area contributed by atoms with Gasteiger partial charge in [-0.25, -0.2) is 4.79 Å². The number of fused-ring (bicyclic) bond motifs is 2. The van der Waals surface area contributed by atoms with E-state index in [1.165, 1.54) is 83.8 Å². The van der Waals surface area contributed by atoms with Crippen molar-refractivity contribution in [1.82, 2.24) is 0 Å². The normalized spacial score (nSPS) is 40.9. The van der Waals surface area contributed by atoms with E-state index >= 15 is 0 Å². The number of ether oxygens (including phenoxy) is 2. The number of phenolic OH excluding ortho intramolecular Hbond substituents is 1. The van der Waals surface area contributed by atoms with Gasteiger partial charge in [-0.2, -0.15) is 0 Å². The summed E-state index contributed by atoms with van der Waals surface area (Å²) in [6.45, 7) is 17.6. The predicted molar refractivity (Wildman–Crippen MR) is 178 cm³/mol. The van der Waals surface area contributed by atoms with Gasteiger partial charge in [0.25, 0.3) is 0 Å². The third-order valence-electron chi connectivity index (χ3n) is 15.1. The van der Waals surface area contributed by atoms with E-state index < -0.39 is 0 Å². The van der Waals surface area contributed by atoms with E-state index in [0.29, 0.717) is 33.3 Å². The van der Waals surface area contributed by atoms with Crippen LogP contribution in [0.5, 0.6) is 11.5 Å². The predicted octanol–water partition coefficient (Wildman–Crippen LogP) is 10.2. The number of methoxy groups -OCH3 is 1. The third-order valence-corrected chi connectivity index (χ3v) is 15.1. The molecule has 0 aliphatic heterocycles. The highest BCUT2D eigenvalue weighted by atomic mass is 16.5. The van der Waals surface area contributed by atoms with Crippen LogP contribution >= 0.6 is 0 Å². The Morgan fingerprint density at radius 2 is 1.66 bits per heavy atom. The Hall–Kier alpha value is -1.97. The zero-order valence-corrected chi connectivity index (χ0v) is 29.0. The molecule has 1 aromatic carbocycles. The summed E-state index contributed by atoms with van der Waals surface area (Å²) in [7, 11) is 1.53. The minimum absolute atomic E-state index is 0.0250. The lowest BCUT2D eigenvalue weighted by Crippen LogP contribution is -2.58. The van der Waals surface area contributed by atoms with E-state index in [1.54, 1.807) is 24.3 Å². The molecule has 0 heterocycles. The zero-order chi connectivity index (χ0) is 31.7. The number of aromatic hydroxyl groups is 1. The molecule has 9 unspecified atom stereocenters. The summed E-state index contributed by atoms with van der Waals surface area (Å²) in [5.74, 6) is 4.24. The first-order valence-electron chi connectivity index (χ1n) is 18.0. The van der Waals surface area contributed by atoms with E-state index in [2.05, 4.69) is 48.5 Å². The van der Waals surface area contributed by atoms with E-state index in [4.69, 9.17) is 9.47 Å². The maximum absolute atomic E-state index is 13.1. The summed E-state index contributed by atoms with van der Waals surface area (Å²) in [5, 5.41) is 9.88. The molecule has 0 aromatic heterocycles. The Kier molecular flexibility index (Phi) is 8.06. The molecule has 5 fully saturated rings. The lowest BCUT2D eigenvalue weighted by molar-refractivity contribution is -0.179. The van der Waals surface area contributed by atoms with Crippen molar-refractivity contribution in [3.05, 3.63) is 29.8 Å². The Morgan fingerprint density at radius 1 is 0.932 bits per heavy atom. The van der Waals surface area contributed by atoms with Crippen LogP contribution in [0.2, 0.25) is 0 Å². The van der Waals surface area contributed by atoms with E-state index in [-0.39, 0.29) is 23.2 Å². The van der Waals surface area contributed by atoms with Crippen LogP contribution < -0.4 is 4.74 Å². The highest BCUT2D eigenvalue weighted by Crippen LogP contribution is 2.89. The molecular weight excluding hydrogens is 544 g/mol. The number of carbonyl (C=O) groups is 1. The van der Waals surface area contributed by atoms with Crippen LogP contribution in [0.15, 0.2) is 24.3 Å². The van der Waals surface area contributed by atoms with E-state index in [1.807, 2.05) is 0 Å². The Bertz CT molecular complexity index is 1280. The number of esters is 1. The Morgan fingerprint density at radius 3 is 2.39 bits per heavy atom. The van der Waals surface area contributed by atoms with Crippen LogP contribution in [0.3, 0.4) is 0 Å². The molecule has 0 radical (unpaired) electrons. The van der Waals surface area contributed by atoms with Crippen molar-refractivity contribution in [3.63, 3.8) is 0 Å².